The number of benzene rings is 2. The third-order valence-electron chi connectivity index (χ3n) is 3.42. The lowest BCUT2D eigenvalue weighted by Gasteiger charge is -2.11. The van der Waals surface area contributed by atoms with Gasteiger partial charge in [-0.25, -0.2) is 0 Å². The highest BCUT2D eigenvalue weighted by atomic mass is 16.5. The molecule has 0 amide bonds. The maximum absolute atomic E-state index is 9.87. The quantitative estimate of drug-likeness (QED) is 0.790. The van der Waals surface area contributed by atoms with Crippen molar-refractivity contribution >= 4 is 10.8 Å². The second-order valence-corrected chi connectivity index (χ2v) is 4.27. The minimum Gasteiger partial charge on any atom is -0.507 e. The van der Waals surface area contributed by atoms with E-state index < -0.39 is 0 Å². The van der Waals surface area contributed by atoms with Crippen LogP contribution in [0.2, 0.25) is 0 Å². The molecule has 16 heavy (non-hydrogen) atoms. The minimum absolute atomic E-state index is 0.338. The summed E-state index contributed by atoms with van der Waals surface area (Å²) >= 11 is 0. The van der Waals surface area contributed by atoms with Crippen LogP contribution in [0.3, 0.4) is 0 Å². The molecule has 0 radical (unpaired) electrons. The van der Waals surface area contributed by atoms with Gasteiger partial charge in [-0.3, -0.25) is 0 Å². The summed E-state index contributed by atoms with van der Waals surface area (Å²) in [7, 11) is 1.68. The van der Waals surface area contributed by atoms with Crippen molar-refractivity contribution in [3.63, 3.8) is 0 Å². The van der Waals surface area contributed by atoms with Crippen LogP contribution in [-0.2, 0) is 12.8 Å². The largest absolute Gasteiger partial charge is 0.507 e. The molecule has 0 saturated heterocycles. The Morgan fingerprint density at radius 2 is 2.00 bits per heavy atom. The van der Waals surface area contributed by atoms with Gasteiger partial charge in [-0.2, -0.15) is 0 Å². The molecule has 2 aromatic rings. The van der Waals surface area contributed by atoms with Crippen LogP contribution in [0.5, 0.6) is 11.5 Å². The summed E-state index contributed by atoms with van der Waals surface area (Å²) in [6, 6.07) is 7.67. The van der Waals surface area contributed by atoms with Gasteiger partial charge < -0.3 is 9.84 Å². The number of ether oxygens (including phenoxy) is 1. The normalized spacial score (nSPS) is 14.1. The number of phenols is 1. The first-order valence-electron chi connectivity index (χ1n) is 5.61. The van der Waals surface area contributed by atoms with Gasteiger partial charge in [-0.15, -0.1) is 0 Å². The Morgan fingerprint density at radius 1 is 1.12 bits per heavy atom. The molecule has 0 saturated carbocycles. The average Bonchev–Trinajstić information content (AvgIpc) is 2.77. The van der Waals surface area contributed by atoms with E-state index in [-0.39, 0.29) is 0 Å². The van der Waals surface area contributed by atoms with Gasteiger partial charge in [0.05, 0.1) is 7.11 Å². The molecule has 3 rings (SSSR count). The van der Waals surface area contributed by atoms with Gasteiger partial charge in [0, 0.05) is 10.8 Å². The summed E-state index contributed by atoms with van der Waals surface area (Å²) in [6.07, 6.45) is 3.43. The predicted molar refractivity (Wildman–Crippen MR) is 64.2 cm³/mol. The molecule has 0 heterocycles. The summed E-state index contributed by atoms with van der Waals surface area (Å²) in [4.78, 5) is 0. The second-order valence-electron chi connectivity index (χ2n) is 4.27. The van der Waals surface area contributed by atoms with E-state index >= 15 is 0 Å². The van der Waals surface area contributed by atoms with Crippen molar-refractivity contribution in [1.82, 2.24) is 0 Å². The minimum atomic E-state index is 0.338. The lowest BCUT2D eigenvalue weighted by atomic mass is 9.99. The first-order valence-corrected chi connectivity index (χ1v) is 5.61. The molecule has 1 N–H and O–H groups in total. The summed E-state index contributed by atoms with van der Waals surface area (Å²) in [6.45, 7) is 0. The molecule has 0 atom stereocenters. The highest BCUT2D eigenvalue weighted by Crippen LogP contribution is 2.39. The number of hydrogen-bond acceptors (Lipinski definition) is 2. The monoisotopic (exact) mass is 214 g/mol. The zero-order valence-electron chi connectivity index (χ0n) is 9.29. The van der Waals surface area contributed by atoms with E-state index in [1.54, 1.807) is 13.2 Å². The fourth-order valence-corrected chi connectivity index (χ4v) is 2.66. The van der Waals surface area contributed by atoms with E-state index in [0.29, 0.717) is 5.75 Å². The van der Waals surface area contributed by atoms with Gasteiger partial charge in [-0.05, 0) is 42.5 Å². The topological polar surface area (TPSA) is 29.5 Å². The predicted octanol–water partition coefficient (Wildman–Crippen LogP) is 3.04. The summed E-state index contributed by atoms with van der Waals surface area (Å²) in [5, 5.41) is 11.9. The van der Waals surface area contributed by atoms with Gasteiger partial charge in [0.2, 0.25) is 0 Å². The second kappa shape index (κ2) is 3.41. The molecule has 1 aliphatic carbocycles. The summed E-state index contributed by atoms with van der Waals surface area (Å²) in [5.74, 6) is 1.21. The van der Waals surface area contributed by atoms with E-state index in [0.717, 1.165) is 29.4 Å². The molecular formula is C14H14O2. The fraction of sp³-hybridized carbons (Fsp3) is 0.286. The molecule has 2 nitrogen and oxygen atoms in total. The van der Waals surface area contributed by atoms with Crippen LogP contribution in [-0.4, -0.2) is 12.2 Å². The Morgan fingerprint density at radius 3 is 2.81 bits per heavy atom. The number of aromatic hydroxyl groups is 1. The van der Waals surface area contributed by atoms with Crippen molar-refractivity contribution in [2.24, 2.45) is 0 Å². The molecule has 1 aliphatic rings. The SMILES string of the molecule is COc1ccc(O)c2ccc3c(c12)CCC3. The van der Waals surface area contributed by atoms with Crippen LogP contribution < -0.4 is 4.74 Å². The standard InChI is InChI=1S/C14H14O2/c1-16-13-8-7-12(15)11-6-5-9-3-2-4-10(9)14(11)13/h5-8,15H,2-4H2,1H3. The van der Waals surface area contributed by atoms with Crippen molar-refractivity contribution in [3.05, 3.63) is 35.4 Å². The van der Waals surface area contributed by atoms with E-state index in [1.807, 2.05) is 12.1 Å². The maximum Gasteiger partial charge on any atom is 0.127 e. The van der Waals surface area contributed by atoms with Crippen molar-refractivity contribution in [2.75, 3.05) is 7.11 Å². The molecule has 0 fully saturated rings. The van der Waals surface area contributed by atoms with Gasteiger partial charge in [0.15, 0.2) is 0 Å². The number of phenolic OH excluding ortho intramolecular Hbond substituents is 1. The van der Waals surface area contributed by atoms with Crippen molar-refractivity contribution < 1.29 is 9.84 Å². The molecule has 2 aromatic carbocycles. The lowest BCUT2D eigenvalue weighted by molar-refractivity contribution is 0.418. The van der Waals surface area contributed by atoms with E-state index in [1.165, 1.54) is 17.5 Å². The molecule has 0 aliphatic heterocycles. The summed E-state index contributed by atoms with van der Waals surface area (Å²) < 4.78 is 5.40. The molecule has 82 valence electrons. The molecule has 0 unspecified atom stereocenters. The van der Waals surface area contributed by atoms with Gasteiger partial charge >= 0.3 is 0 Å². The maximum atomic E-state index is 9.87. The van der Waals surface area contributed by atoms with Crippen LogP contribution in [0.15, 0.2) is 24.3 Å². The van der Waals surface area contributed by atoms with Crippen LogP contribution >= 0.6 is 0 Å². The number of hydrogen-bond donors (Lipinski definition) is 1. The molecule has 0 spiro atoms. The number of fused-ring (bicyclic) bond motifs is 3. The lowest BCUT2D eigenvalue weighted by Crippen LogP contribution is -1.90. The van der Waals surface area contributed by atoms with E-state index in [9.17, 15) is 5.11 Å². The molecular weight excluding hydrogens is 200 g/mol. The highest BCUT2D eigenvalue weighted by Gasteiger charge is 2.17. The molecule has 0 bridgehead atoms. The third-order valence-corrected chi connectivity index (χ3v) is 3.42. The average molecular weight is 214 g/mol. The van der Waals surface area contributed by atoms with Crippen molar-refractivity contribution in [3.8, 4) is 11.5 Å². The number of methoxy groups -OCH3 is 1. The molecule has 2 heteroatoms. The Balaban J connectivity index is 2.45. The Labute approximate surface area is 94.5 Å². The van der Waals surface area contributed by atoms with E-state index in [2.05, 4.69) is 6.07 Å². The first-order chi connectivity index (χ1) is 7.81. The van der Waals surface area contributed by atoms with Gasteiger partial charge in [-0.1, -0.05) is 12.1 Å². The van der Waals surface area contributed by atoms with Crippen molar-refractivity contribution in [1.29, 1.82) is 0 Å². The van der Waals surface area contributed by atoms with Crippen LogP contribution in [0.1, 0.15) is 17.5 Å². The highest BCUT2D eigenvalue weighted by molar-refractivity contribution is 5.96. The van der Waals surface area contributed by atoms with Crippen molar-refractivity contribution in [2.45, 2.75) is 19.3 Å². The Hall–Kier alpha value is -1.70. The number of aryl methyl sites for hydroxylation is 2. The number of rotatable bonds is 1. The van der Waals surface area contributed by atoms with Gasteiger partial charge in [0.25, 0.3) is 0 Å². The van der Waals surface area contributed by atoms with Crippen LogP contribution in [0.25, 0.3) is 10.8 Å². The third kappa shape index (κ3) is 1.19. The first kappa shape index (κ1) is 9.52. The zero-order chi connectivity index (χ0) is 11.1. The zero-order valence-corrected chi connectivity index (χ0v) is 9.29. The smallest absolute Gasteiger partial charge is 0.127 e. The van der Waals surface area contributed by atoms with E-state index in [4.69, 9.17) is 4.74 Å². The van der Waals surface area contributed by atoms with Crippen LogP contribution in [0, 0.1) is 0 Å². The molecule has 0 aromatic heterocycles. The Bertz CT molecular complexity index is 558. The van der Waals surface area contributed by atoms with Gasteiger partial charge in [0.1, 0.15) is 11.5 Å². The summed E-state index contributed by atoms with van der Waals surface area (Å²) in [5.41, 5.74) is 2.75. The van der Waals surface area contributed by atoms with Crippen LogP contribution in [0.4, 0.5) is 0 Å². The fourth-order valence-electron chi connectivity index (χ4n) is 2.66. The Kier molecular flexibility index (Phi) is 2.03.